The van der Waals surface area contributed by atoms with Gasteiger partial charge in [-0.25, -0.2) is 8.78 Å². The fraction of sp³-hybridized carbons (Fsp3) is 0.308. The summed E-state index contributed by atoms with van der Waals surface area (Å²) in [5.41, 5.74) is 5.75. The first-order valence-electron chi connectivity index (χ1n) is 6.31. The zero-order valence-electron chi connectivity index (χ0n) is 11.5. The SMILES string of the molecule is CN(Cc1ccc(F)cc1F)C(=O)c1cn(CCN)nn1. The van der Waals surface area contributed by atoms with Crippen LogP contribution in [0.3, 0.4) is 0 Å². The monoisotopic (exact) mass is 295 g/mol. The van der Waals surface area contributed by atoms with E-state index in [4.69, 9.17) is 5.73 Å². The Morgan fingerprint density at radius 2 is 2.19 bits per heavy atom. The highest BCUT2D eigenvalue weighted by molar-refractivity contribution is 5.91. The van der Waals surface area contributed by atoms with Gasteiger partial charge in [-0.3, -0.25) is 9.48 Å². The lowest BCUT2D eigenvalue weighted by Gasteiger charge is -2.16. The molecule has 112 valence electrons. The van der Waals surface area contributed by atoms with Gasteiger partial charge in [0, 0.05) is 31.8 Å². The number of benzene rings is 1. The fourth-order valence-electron chi connectivity index (χ4n) is 1.81. The minimum Gasteiger partial charge on any atom is -0.336 e. The number of rotatable bonds is 5. The highest BCUT2D eigenvalue weighted by Gasteiger charge is 2.17. The summed E-state index contributed by atoms with van der Waals surface area (Å²) in [4.78, 5) is 13.4. The van der Waals surface area contributed by atoms with Crippen LogP contribution in [-0.4, -0.2) is 39.4 Å². The van der Waals surface area contributed by atoms with Crippen LogP contribution in [0.15, 0.2) is 24.4 Å². The third-order valence-electron chi connectivity index (χ3n) is 2.89. The second-order valence-electron chi connectivity index (χ2n) is 4.55. The quantitative estimate of drug-likeness (QED) is 0.884. The summed E-state index contributed by atoms with van der Waals surface area (Å²) < 4.78 is 27.8. The largest absolute Gasteiger partial charge is 0.336 e. The molecule has 6 nitrogen and oxygen atoms in total. The van der Waals surface area contributed by atoms with Crippen molar-refractivity contribution in [3.63, 3.8) is 0 Å². The van der Waals surface area contributed by atoms with Crippen molar-refractivity contribution in [2.45, 2.75) is 13.1 Å². The highest BCUT2D eigenvalue weighted by Crippen LogP contribution is 2.12. The van der Waals surface area contributed by atoms with Gasteiger partial charge in [0.25, 0.3) is 5.91 Å². The van der Waals surface area contributed by atoms with Crippen molar-refractivity contribution in [3.8, 4) is 0 Å². The van der Waals surface area contributed by atoms with E-state index in [1.807, 2.05) is 0 Å². The maximum Gasteiger partial charge on any atom is 0.276 e. The molecule has 1 heterocycles. The Balaban J connectivity index is 2.08. The van der Waals surface area contributed by atoms with E-state index in [-0.39, 0.29) is 17.8 Å². The summed E-state index contributed by atoms with van der Waals surface area (Å²) in [7, 11) is 1.51. The molecule has 0 fully saturated rings. The van der Waals surface area contributed by atoms with Crippen molar-refractivity contribution in [3.05, 3.63) is 47.3 Å². The summed E-state index contributed by atoms with van der Waals surface area (Å²) in [6.07, 6.45) is 1.48. The number of nitrogens with two attached hydrogens (primary N) is 1. The molecule has 21 heavy (non-hydrogen) atoms. The second-order valence-corrected chi connectivity index (χ2v) is 4.55. The zero-order chi connectivity index (χ0) is 15.4. The molecule has 8 heteroatoms. The summed E-state index contributed by atoms with van der Waals surface area (Å²) in [5.74, 6) is -1.75. The van der Waals surface area contributed by atoms with Gasteiger partial charge in [0.15, 0.2) is 5.69 Å². The van der Waals surface area contributed by atoms with Gasteiger partial charge in [-0.1, -0.05) is 11.3 Å². The van der Waals surface area contributed by atoms with Crippen LogP contribution in [0.4, 0.5) is 8.78 Å². The van der Waals surface area contributed by atoms with E-state index >= 15 is 0 Å². The lowest BCUT2D eigenvalue weighted by Crippen LogP contribution is -2.27. The summed E-state index contributed by atoms with van der Waals surface area (Å²) >= 11 is 0. The molecule has 1 aromatic carbocycles. The molecule has 0 saturated carbocycles. The predicted octanol–water partition coefficient (Wildman–Crippen LogP) is 0.787. The number of hydrogen-bond acceptors (Lipinski definition) is 4. The van der Waals surface area contributed by atoms with E-state index in [9.17, 15) is 13.6 Å². The topological polar surface area (TPSA) is 77.0 Å². The predicted molar refractivity (Wildman–Crippen MR) is 71.2 cm³/mol. The lowest BCUT2D eigenvalue weighted by atomic mass is 10.2. The molecule has 0 bridgehead atoms. The molecule has 0 unspecified atom stereocenters. The number of amides is 1. The maximum atomic E-state index is 13.6. The molecule has 1 amide bonds. The van der Waals surface area contributed by atoms with E-state index in [1.165, 1.54) is 28.9 Å². The van der Waals surface area contributed by atoms with Crippen LogP contribution in [0.25, 0.3) is 0 Å². The molecule has 0 radical (unpaired) electrons. The third-order valence-corrected chi connectivity index (χ3v) is 2.89. The van der Waals surface area contributed by atoms with Gasteiger partial charge < -0.3 is 10.6 Å². The first kappa shape index (κ1) is 15.0. The highest BCUT2D eigenvalue weighted by atomic mass is 19.1. The van der Waals surface area contributed by atoms with Gasteiger partial charge >= 0.3 is 0 Å². The fourth-order valence-corrected chi connectivity index (χ4v) is 1.81. The van der Waals surface area contributed by atoms with E-state index in [0.717, 1.165) is 12.1 Å². The van der Waals surface area contributed by atoms with Crippen LogP contribution >= 0.6 is 0 Å². The van der Waals surface area contributed by atoms with Gasteiger partial charge in [-0.05, 0) is 6.07 Å². The molecule has 0 aliphatic heterocycles. The van der Waals surface area contributed by atoms with Gasteiger partial charge in [-0.2, -0.15) is 0 Å². The molecule has 2 N–H and O–H groups in total. The number of carbonyl (C=O) groups excluding carboxylic acids is 1. The van der Waals surface area contributed by atoms with E-state index in [0.29, 0.717) is 13.1 Å². The van der Waals surface area contributed by atoms with Crippen molar-refractivity contribution < 1.29 is 13.6 Å². The Kier molecular flexibility index (Phi) is 4.59. The smallest absolute Gasteiger partial charge is 0.276 e. The molecule has 2 rings (SSSR count). The van der Waals surface area contributed by atoms with Gasteiger partial charge in [-0.15, -0.1) is 5.10 Å². The van der Waals surface area contributed by atoms with Crippen molar-refractivity contribution >= 4 is 5.91 Å². The number of nitrogens with zero attached hydrogens (tertiary/aromatic N) is 4. The number of halogens is 2. The van der Waals surface area contributed by atoms with Crippen LogP contribution in [-0.2, 0) is 13.1 Å². The van der Waals surface area contributed by atoms with Crippen LogP contribution < -0.4 is 5.73 Å². The number of hydrogen-bond donors (Lipinski definition) is 1. The first-order valence-corrected chi connectivity index (χ1v) is 6.31. The van der Waals surface area contributed by atoms with Crippen LogP contribution in [0.5, 0.6) is 0 Å². The Labute approximate surface area is 120 Å². The van der Waals surface area contributed by atoms with E-state index in [2.05, 4.69) is 10.3 Å². The average Bonchev–Trinajstić information content (AvgIpc) is 2.90. The zero-order valence-corrected chi connectivity index (χ0v) is 11.5. The second kappa shape index (κ2) is 6.40. The molecule has 0 atom stereocenters. The lowest BCUT2D eigenvalue weighted by molar-refractivity contribution is 0.0778. The van der Waals surface area contributed by atoms with Crippen molar-refractivity contribution in [2.24, 2.45) is 5.73 Å². The molecule has 0 aliphatic rings. The molecule has 2 aromatic rings. The minimum absolute atomic E-state index is 0.00863. The van der Waals surface area contributed by atoms with Crippen molar-refractivity contribution in [2.75, 3.05) is 13.6 Å². The van der Waals surface area contributed by atoms with Crippen LogP contribution in [0, 0.1) is 11.6 Å². The Morgan fingerprint density at radius 1 is 1.43 bits per heavy atom. The molecule has 0 saturated heterocycles. The van der Waals surface area contributed by atoms with E-state index in [1.54, 1.807) is 0 Å². The number of carbonyl (C=O) groups is 1. The Bertz CT molecular complexity index is 643. The van der Waals surface area contributed by atoms with Gasteiger partial charge in [0.2, 0.25) is 0 Å². The molecule has 1 aromatic heterocycles. The Hall–Kier alpha value is -2.35. The van der Waals surface area contributed by atoms with E-state index < -0.39 is 17.5 Å². The average molecular weight is 295 g/mol. The molecule has 0 spiro atoms. The summed E-state index contributed by atoms with van der Waals surface area (Å²) in [6.45, 7) is 0.846. The summed E-state index contributed by atoms with van der Waals surface area (Å²) in [5, 5.41) is 7.51. The minimum atomic E-state index is -0.693. The standard InChI is InChI=1S/C13H15F2N5O/c1-19(7-9-2-3-10(14)6-11(9)15)13(21)12-8-20(5-4-16)18-17-12/h2-3,6,8H,4-5,7,16H2,1H3. The van der Waals surface area contributed by atoms with Crippen molar-refractivity contribution in [1.82, 2.24) is 19.9 Å². The maximum absolute atomic E-state index is 13.6. The first-order chi connectivity index (χ1) is 10.0. The molecular weight excluding hydrogens is 280 g/mol. The third kappa shape index (κ3) is 3.60. The molecular formula is C13H15F2N5O. The van der Waals surface area contributed by atoms with Gasteiger partial charge in [0.05, 0.1) is 12.7 Å². The van der Waals surface area contributed by atoms with Crippen molar-refractivity contribution in [1.29, 1.82) is 0 Å². The van der Waals surface area contributed by atoms with Gasteiger partial charge in [0.1, 0.15) is 11.6 Å². The normalized spacial score (nSPS) is 10.7. The van der Waals surface area contributed by atoms with Crippen LogP contribution in [0.1, 0.15) is 16.1 Å². The number of aromatic nitrogens is 3. The molecule has 0 aliphatic carbocycles. The van der Waals surface area contributed by atoms with Crippen LogP contribution in [0.2, 0.25) is 0 Å². The Morgan fingerprint density at radius 3 is 2.86 bits per heavy atom. The summed E-state index contributed by atoms with van der Waals surface area (Å²) in [6, 6.07) is 3.24.